The van der Waals surface area contributed by atoms with Crippen molar-refractivity contribution in [1.29, 1.82) is 5.26 Å². The maximum atomic E-state index is 14.4. The molecule has 1 aliphatic rings. The molecule has 0 radical (unpaired) electrons. The average molecular weight is 406 g/mol. The van der Waals surface area contributed by atoms with E-state index in [9.17, 15) is 14.0 Å². The number of nitriles is 1. The molecule has 0 saturated carbocycles. The van der Waals surface area contributed by atoms with Crippen molar-refractivity contribution in [3.63, 3.8) is 0 Å². The number of halogens is 2. The molecular formula is C20H16F2N8. The van der Waals surface area contributed by atoms with Crippen molar-refractivity contribution in [1.82, 2.24) is 29.4 Å². The standard InChI is InChI=1S/C20H16F2N8/c1-28-10-15(17(8-23)27-28)14-9-25-30-11-24-20(26-19(14)30)29-6-2-3-18(29)13-7-12(21)4-5-16(13)22/h4-5,7,9-11,18H,2-3,6H2,1H3/t18-/m1/s1. The fraction of sp³-hybridized carbons (Fsp3) is 0.250. The molecule has 10 heteroatoms. The van der Waals surface area contributed by atoms with Crippen molar-refractivity contribution in [3.05, 3.63) is 59.8 Å². The van der Waals surface area contributed by atoms with Gasteiger partial charge in [-0.2, -0.15) is 20.4 Å². The van der Waals surface area contributed by atoms with Crippen molar-refractivity contribution < 1.29 is 8.78 Å². The van der Waals surface area contributed by atoms with Crippen molar-refractivity contribution in [2.45, 2.75) is 18.9 Å². The number of aryl methyl sites for hydroxylation is 1. The van der Waals surface area contributed by atoms with Gasteiger partial charge in [0.05, 0.1) is 17.8 Å². The van der Waals surface area contributed by atoms with Gasteiger partial charge in [-0.3, -0.25) is 4.68 Å². The van der Waals surface area contributed by atoms with Gasteiger partial charge in [0.2, 0.25) is 5.95 Å². The van der Waals surface area contributed by atoms with Crippen LogP contribution in [-0.2, 0) is 7.05 Å². The Hall–Kier alpha value is -3.87. The van der Waals surface area contributed by atoms with Gasteiger partial charge in [0, 0.05) is 30.9 Å². The Labute approximate surface area is 170 Å². The summed E-state index contributed by atoms with van der Waals surface area (Å²) in [4.78, 5) is 10.9. The van der Waals surface area contributed by atoms with Gasteiger partial charge in [0.15, 0.2) is 11.3 Å². The third kappa shape index (κ3) is 2.86. The maximum Gasteiger partial charge on any atom is 0.229 e. The molecule has 3 aromatic heterocycles. The molecule has 0 aliphatic carbocycles. The van der Waals surface area contributed by atoms with Crippen LogP contribution in [0.15, 0.2) is 36.9 Å². The van der Waals surface area contributed by atoms with Crippen LogP contribution in [0.5, 0.6) is 0 Å². The van der Waals surface area contributed by atoms with Crippen LogP contribution in [0.4, 0.5) is 14.7 Å². The molecule has 0 amide bonds. The SMILES string of the molecule is Cn1cc(-c2cnn3cnc(N4CCC[C@@H]4c4cc(F)ccc4F)nc23)c(C#N)n1. The summed E-state index contributed by atoms with van der Waals surface area (Å²) in [5.41, 5.74) is 2.34. The molecule has 0 bridgehead atoms. The Balaban J connectivity index is 1.60. The highest BCUT2D eigenvalue weighted by molar-refractivity contribution is 5.80. The molecule has 1 saturated heterocycles. The second kappa shape index (κ2) is 6.88. The van der Waals surface area contributed by atoms with E-state index in [2.05, 4.69) is 26.2 Å². The van der Waals surface area contributed by atoms with Gasteiger partial charge < -0.3 is 4.90 Å². The van der Waals surface area contributed by atoms with E-state index in [0.29, 0.717) is 41.3 Å². The van der Waals surface area contributed by atoms with Gasteiger partial charge in [-0.05, 0) is 31.0 Å². The number of benzene rings is 1. The van der Waals surface area contributed by atoms with Crippen molar-refractivity contribution in [2.24, 2.45) is 7.05 Å². The summed E-state index contributed by atoms with van der Waals surface area (Å²) in [7, 11) is 1.73. The smallest absolute Gasteiger partial charge is 0.229 e. The fourth-order valence-corrected chi connectivity index (χ4v) is 3.98. The highest BCUT2D eigenvalue weighted by atomic mass is 19.1. The summed E-state index contributed by atoms with van der Waals surface area (Å²) in [6.45, 7) is 0.622. The highest BCUT2D eigenvalue weighted by Crippen LogP contribution is 2.36. The molecule has 1 aromatic carbocycles. The number of nitrogens with zero attached hydrogens (tertiary/aromatic N) is 8. The summed E-state index contributed by atoms with van der Waals surface area (Å²) in [5.74, 6) is -0.528. The van der Waals surface area contributed by atoms with Crippen molar-refractivity contribution in [2.75, 3.05) is 11.4 Å². The molecule has 30 heavy (non-hydrogen) atoms. The number of rotatable bonds is 3. The van der Waals surface area contributed by atoms with E-state index < -0.39 is 11.6 Å². The average Bonchev–Trinajstić information content (AvgIpc) is 3.46. The Morgan fingerprint density at radius 2 is 2.10 bits per heavy atom. The van der Waals surface area contributed by atoms with Crippen molar-refractivity contribution in [3.8, 4) is 17.2 Å². The molecule has 1 aliphatic heterocycles. The van der Waals surface area contributed by atoms with E-state index in [4.69, 9.17) is 0 Å². The molecule has 4 heterocycles. The molecule has 8 nitrogen and oxygen atoms in total. The molecule has 1 fully saturated rings. The fourth-order valence-electron chi connectivity index (χ4n) is 3.98. The van der Waals surface area contributed by atoms with Gasteiger partial charge >= 0.3 is 0 Å². The molecule has 0 spiro atoms. The highest BCUT2D eigenvalue weighted by Gasteiger charge is 2.31. The van der Waals surface area contributed by atoms with Gasteiger partial charge in [0.1, 0.15) is 24.0 Å². The minimum atomic E-state index is -0.478. The lowest BCUT2D eigenvalue weighted by atomic mass is 10.0. The lowest BCUT2D eigenvalue weighted by Crippen LogP contribution is -2.25. The second-order valence-corrected chi connectivity index (χ2v) is 7.18. The van der Waals surface area contributed by atoms with Gasteiger partial charge in [-0.15, -0.1) is 0 Å². The number of hydrogen-bond donors (Lipinski definition) is 0. The molecule has 1 atom stereocenters. The first-order valence-electron chi connectivity index (χ1n) is 9.41. The van der Waals surface area contributed by atoms with E-state index in [-0.39, 0.29) is 11.7 Å². The van der Waals surface area contributed by atoms with E-state index in [1.807, 2.05) is 4.90 Å². The normalized spacial score (nSPS) is 16.3. The predicted octanol–water partition coefficient (Wildman–Crippen LogP) is 3.02. The quantitative estimate of drug-likeness (QED) is 0.520. The zero-order valence-electron chi connectivity index (χ0n) is 16.0. The van der Waals surface area contributed by atoms with E-state index in [1.165, 1.54) is 16.9 Å². The van der Waals surface area contributed by atoms with Crippen molar-refractivity contribution >= 4 is 11.6 Å². The predicted molar refractivity (Wildman–Crippen MR) is 103 cm³/mol. The summed E-state index contributed by atoms with van der Waals surface area (Å²) in [5, 5.41) is 17.8. The first kappa shape index (κ1) is 18.2. The first-order valence-corrected chi connectivity index (χ1v) is 9.41. The van der Waals surface area contributed by atoms with Crippen LogP contribution in [0, 0.1) is 23.0 Å². The summed E-state index contributed by atoms with van der Waals surface area (Å²) >= 11 is 0. The van der Waals surface area contributed by atoms with Crippen LogP contribution in [-0.4, -0.2) is 35.9 Å². The minimum Gasteiger partial charge on any atom is -0.334 e. The molecule has 150 valence electrons. The van der Waals surface area contributed by atoms with Gasteiger partial charge in [0.25, 0.3) is 0 Å². The first-order chi connectivity index (χ1) is 14.5. The summed E-state index contributed by atoms with van der Waals surface area (Å²) < 4.78 is 31.2. The maximum absolute atomic E-state index is 14.4. The number of fused-ring (bicyclic) bond motifs is 1. The Kier molecular flexibility index (Phi) is 4.17. The lowest BCUT2D eigenvalue weighted by molar-refractivity contribution is 0.559. The van der Waals surface area contributed by atoms with Crippen LogP contribution < -0.4 is 4.90 Å². The van der Waals surface area contributed by atoms with E-state index >= 15 is 0 Å². The minimum absolute atomic E-state index is 0.272. The molecule has 0 N–H and O–H groups in total. The molecule has 0 unspecified atom stereocenters. The largest absolute Gasteiger partial charge is 0.334 e. The zero-order chi connectivity index (χ0) is 20.8. The van der Waals surface area contributed by atoms with E-state index in [0.717, 1.165) is 18.6 Å². The molecule has 4 aromatic rings. The van der Waals surface area contributed by atoms with Crippen LogP contribution in [0.2, 0.25) is 0 Å². The lowest BCUT2D eigenvalue weighted by Gasteiger charge is -2.25. The third-order valence-electron chi connectivity index (χ3n) is 5.31. The number of anilines is 1. The second-order valence-electron chi connectivity index (χ2n) is 7.18. The Bertz CT molecular complexity index is 1300. The number of hydrogen-bond acceptors (Lipinski definition) is 6. The number of aromatic nitrogens is 6. The summed E-state index contributed by atoms with van der Waals surface area (Å²) in [6, 6.07) is 5.21. The van der Waals surface area contributed by atoms with Crippen LogP contribution in [0.25, 0.3) is 16.8 Å². The zero-order valence-corrected chi connectivity index (χ0v) is 16.0. The topological polar surface area (TPSA) is 87.9 Å². The summed E-state index contributed by atoms with van der Waals surface area (Å²) in [6.07, 6.45) is 6.35. The molecular weight excluding hydrogens is 390 g/mol. The van der Waals surface area contributed by atoms with Gasteiger partial charge in [-0.1, -0.05) is 0 Å². The monoisotopic (exact) mass is 406 g/mol. The Morgan fingerprint density at radius 3 is 2.93 bits per heavy atom. The Morgan fingerprint density at radius 1 is 1.23 bits per heavy atom. The van der Waals surface area contributed by atoms with Gasteiger partial charge in [-0.25, -0.2) is 18.3 Å². The van der Waals surface area contributed by atoms with Crippen LogP contribution in [0.1, 0.15) is 30.1 Å². The van der Waals surface area contributed by atoms with E-state index in [1.54, 1.807) is 24.1 Å². The van der Waals surface area contributed by atoms with Crippen LogP contribution in [0.3, 0.4) is 0 Å². The molecule has 5 rings (SSSR count). The van der Waals surface area contributed by atoms with Crippen LogP contribution >= 0.6 is 0 Å². The third-order valence-corrected chi connectivity index (χ3v) is 5.31.